The van der Waals surface area contributed by atoms with Crippen LogP contribution in [-0.4, -0.2) is 9.78 Å². The van der Waals surface area contributed by atoms with Crippen molar-refractivity contribution in [2.75, 3.05) is 5.32 Å². The van der Waals surface area contributed by atoms with Gasteiger partial charge in [-0.25, -0.2) is 13.5 Å². The summed E-state index contributed by atoms with van der Waals surface area (Å²) in [4.78, 5) is 0. The van der Waals surface area contributed by atoms with Crippen LogP contribution in [0, 0.1) is 11.6 Å². The molecular formula is C13H16ClF2N3. The Morgan fingerprint density at radius 3 is 2.42 bits per heavy atom. The molecule has 1 aromatic carbocycles. The Morgan fingerprint density at radius 1 is 1.21 bits per heavy atom. The highest BCUT2D eigenvalue weighted by molar-refractivity contribution is 5.85. The summed E-state index contributed by atoms with van der Waals surface area (Å²) in [5.74, 6) is -0.303. The molecule has 1 heterocycles. The van der Waals surface area contributed by atoms with Crippen molar-refractivity contribution in [3.63, 3.8) is 0 Å². The smallest absolute Gasteiger partial charge is 0.126 e. The third kappa shape index (κ3) is 3.92. The van der Waals surface area contributed by atoms with E-state index in [0.29, 0.717) is 12.1 Å². The number of rotatable bonds is 4. The van der Waals surface area contributed by atoms with Gasteiger partial charge in [-0.3, -0.25) is 0 Å². The lowest BCUT2D eigenvalue weighted by Gasteiger charge is -2.12. The van der Waals surface area contributed by atoms with E-state index < -0.39 is 11.6 Å². The van der Waals surface area contributed by atoms with Crippen molar-refractivity contribution in [1.29, 1.82) is 0 Å². The predicted molar refractivity (Wildman–Crippen MR) is 73.5 cm³/mol. The average molecular weight is 288 g/mol. The lowest BCUT2D eigenvalue weighted by molar-refractivity contribution is 0.537. The molecule has 2 aromatic rings. The van der Waals surface area contributed by atoms with Crippen molar-refractivity contribution in [1.82, 2.24) is 9.78 Å². The van der Waals surface area contributed by atoms with E-state index in [4.69, 9.17) is 0 Å². The van der Waals surface area contributed by atoms with Crippen LogP contribution in [0.4, 0.5) is 14.6 Å². The van der Waals surface area contributed by atoms with Gasteiger partial charge in [-0.1, -0.05) is 0 Å². The van der Waals surface area contributed by atoms with Crippen LogP contribution >= 0.6 is 12.4 Å². The molecule has 0 aliphatic heterocycles. The highest BCUT2D eigenvalue weighted by atomic mass is 35.5. The van der Waals surface area contributed by atoms with Crippen LogP contribution in [0.5, 0.6) is 0 Å². The van der Waals surface area contributed by atoms with Crippen LogP contribution in [0.2, 0.25) is 0 Å². The van der Waals surface area contributed by atoms with E-state index in [0.717, 1.165) is 11.9 Å². The number of halogens is 3. The van der Waals surface area contributed by atoms with E-state index in [2.05, 4.69) is 10.4 Å². The molecule has 0 aliphatic rings. The quantitative estimate of drug-likeness (QED) is 0.927. The summed E-state index contributed by atoms with van der Waals surface area (Å²) in [7, 11) is 0. The number of anilines is 1. The number of benzene rings is 1. The standard InChI is InChI=1S/C13H15F2N3.ClH/c1-9(2)18-13(3-4-17-18)16-8-10-5-11(14)7-12(15)6-10;/h3-7,9,16H,8H2,1-2H3;1H. The molecule has 0 bridgehead atoms. The third-order valence-corrected chi connectivity index (χ3v) is 2.56. The zero-order valence-corrected chi connectivity index (χ0v) is 11.5. The van der Waals surface area contributed by atoms with Crippen LogP contribution in [-0.2, 0) is 6.54 Å². The zero-order chi connectivity index (χ0) is 13.1. The minimum Gasteiger partial charge on any atom is -0.366 e. The molecule has 3 nitrogen and oxygen atoms in total. The summed E-state index contributed by atoms with van der Waals surface area (Å²) in [5.41, 5.74) is 0.559. The lowest BCUT2D eigenvalue weighted by Crippen LogP contribution is -2.10. The van der Waals surface area contributed by atoms with Crippen LogP contribution in [0.3, 0.4) is 0 Å². The monoisotopic (exact) mass is 287 g/mol. The van der Waals surface area contributed by atoms with Crippen molar-refractivity contribution in [2.24, 2.45) is 0 Å². The highest BCUT2D eigenvalue weighted by Crippen LogP contribution is 2.15. The number of hydrogen-bond acceptors (Lipinski definition) is 2. The fraction of sp³-hybridized carbons (Fsp3) is 0.308. The van der Waals surface area contributed by atoms with Crippen LogP contribution in [0.1, 0.15) is 25.5 Å². The van der Waals surface area contributed by atoms with E-state index in [-0.39, 0.29) is 18.4 Å². The van der Waals surface area contributed by atoms with Crippen LogP contribution < -0.4 is 5.32 Å². The molecule has 0 fully saturated rings. The summed E-state index contributed by atoms with van der Waals surface area (Å²) in [5, 5.41) is 7.28. The SMILES string of the molecule is CC(C)n1nccc1NCc1cc(F)cc(F)c1.Cl. The fourth-order valence-electron chi connectivity index (χ4n) is 1.77. The molecule has 104 valence electrons. The summed E-state index contributed by atoms with van der Waals surface area (Å²) in [6, 6.07) is 5.54. The molecule has 1 N–H and O–H groups in total. The molecule has 2 rings (SSSR count). The summed E-state index contributed by atoms with van der Waals surface area (Å²) in [6.45, 7) is 4.38. The predicted octanol–water partition coefficient (Wildman–Crippen LogP) is 3.78. The Kier molecular flexibility index (Phi) is 5.30. The first-order chi connectivity index (χ1) is 8.56. The molecular weight excluding hydrogens is 272 g/mol. The molecule has 0 saturated heterocycles. The van der Waals surface area contributed by atoms with Crippen LogP contribution in [0.15, 0.2) is 30.5 Å². The molecule has 0 atom stereocenters. The maximum Gasteiger partial charge on any atom is 0.126 e. The second-order valence-corrected chi connectivity index (χ2v) is 4.39. The topological polar surface area (TPSA) is 29.9 Å². The van der Waals surface area contributed by atoms with Gasteiger partial charge in [-0.05, 0) is 31.5 Å². The zero-order valence-electron chi connectivity index (χ0n) is 10.7. The Morgan fingerprint density at radius 2 is 1.84 bits per heavy atom. The largest absolute Gasteiger partial charge is 0.366 e. The number of nitrogens with zero attached hydrogens (tertiary/aromatic N) is 2. The maximum absolute atomic E-state index is 13.0. The highest BCUT2D eigenvalue weighted by Gasteiger charge is 2.06. The van der Waals surface area contributed by atoms with E-state index >= 15 is 0 Å². The molecule has 1 aromatic heterocycles. The summed E-state index contributed by atoms with van der Waals surface area (Å²) < 4.78 is 27.8. The van der Waals surface area contributed by atoms with Gasteiger partial charge in [0.15, 0.2) is 0 Å². The van der Waals surface area contributed by atoms with E-state index in [9.17, 15) is 8.78 Å². The van der Waals surface area contributed by atoms with Crippen molar-refractivity contribution < 1.29 is 8.78 Å². The first-order valence-corrected chi connectivity index (χ1v) is 5.78. The number of nitrogens with one attached hydrogen (secondary N) is 1. The van der Waals surface area contributed by atoms with Crippen LogP contribution in [0.25, 0.3) is 0 Å². The third-order valence-electron chi connectivity index (χ3n) is 2.56. The maximum atomic E-state index is 13.0. The van der Waals surface area contributed by atoms with Gasteiger partial charge in [-0.15, -0.1) is 12.4 Å². The Labute approximate surface area is 117 Å². The number of hydrogen-bond donors (Lipinski definition) is 1. The molecule has 0 spiro atoms. The minimum absolute atomic E-state index is 0. The van der Waals surface area contributed by atoms with Crippen molar-refractivity contribution >= 4 is 18.2 Å². The summed E-state index contributed by atoms with van der Waals surface area (Å²) in [6.07, 6.45) is 1.69. The van der Waals surface area contributed by atoms with Gasteiger partial charge in [-0.2, -0.15) is 5.10 Å². The van der Waals surface area contributed by atoms with Gasteiger partial charge in [0.05, 0.1) is 6.20 Å². The van der Waals surface area contributed by atoms with Gasteiger partial charge in [0.25, 0.3) is 0 Å². The Hall–Kier alpha value is -1.62. The van der Waals surface area contributed by atoms with Gasteiger partial charge >= 0.3 is 0 Å². The minimum atomic E-state index is -0.566. The lowest BCUT2D eigenvalue weighted by atomic mass is 10.2. The molecule has 0 amide bonds. The molecule has 0 aliphatic carbocycles. The van der Waals surface area contributed by atoms with Gasteiger partial charge < -0.3 is 5.32 Å². The second-order valence-electron chi connectivity index (χ2n) is 4.39. The molecule has 6 heteroatoms. The van der Waals surface area contributed by atoms with Crippen molar-refractivity contribution in [3.05, 3.63) is 47.7 Å². The first-order valence-electron chi connectivity index (χ1n) is 5.78. The van der Waals surface area contributed by atoms with Gasteiger partial charge in [0.2, 0.25) is 0 Å². The number of aromatic nitrogens is 2. The molecule has 0 saturated carbocycles. The van der Waals surface area contributed by atoms with Crippen molar-refractivity contribution in [3.8, 4) is 0 Å². The average Bonchev–Trinajstić information content (AvgIpc) is 2.73. The first kappa shape index (κ1) is 15.4. The normalized spacial score (nSPS) is 10.4. The van der Waals surface area contributed by atoms with E-state index in [1.54, 1.807) is 6.20 Å². The fourth-order valence-corrected chi connectivity index (χ4v) is 1.77. The van der Waals surface area contributed by atoms with E-state index in [1.807, 2.05) is 24.6 Å². The second kappa shape index (κ2) is 6.52. The summed E-state index contributed by atoms with van der Waals surface area (Å²) >= 11 is 0. The van der Waals surface area contributed by atoms with E-state index in [1.165, 1.54) is 12.1 Å². The Bertz CT molecular complexity index is 520. The van der Waals surface area contributed by atoms with Gasteiger partial charge in [0.1, 0.15) is 17.5 Å². The van der Waals surface area contributed by atoms with Crippen molar-refractivity contribution in [2.45, 2.75) is 26.4 Å². The molecule has 19 heavy (non-hydrogen) atoms. The Balaban J connectivity index is 0.00000180. The van der Waals surface area contributed by atoms with Gasteiger partial charge in [0, 0.05) is 24.7 Å². The molecule has 0 unspecified atom stereocenters. The molecule has 0 radical (unpaired) electrons.